The summed E-state index contributed by atoms with van der Waals surface area (Å²) < 4.78 is 40.7. The van der Waals surface area contributed by atoms with Gasteiger partial charge in [0, 0.05) is 6.42 Å². The second-order valence-corrected chi connectivity index (χ2v) is 3.69. The van der Waals surface area contributed by atoms with Crippen LogP contribution in [-0.4, -0.2) is 21.2 Å². The van der Waals surface area contributed by atoms with Gasteiger partial charge < -0.3 is 9.63 Å². The lowest BCUT2D eigenvalue weighted by molar-refractivity contribution is -0.159. The zero-order valence-corrected chi connectivity index (χ0v) is 9.31. The van der Waals surface area contributed by atoms with Crippen LogP contribution in [0.1, 0.15) is 27.6 Å². The molecule has 0 fully saturated rings. The van der Waals surface area contributed by atoms with Crippen LogP contribution in [0.4, 0.5) is 13.2 Å². The average molecular weight is 272 g/mol. The molecular weight excluding hydrogens is 265 g/mol. The molecule has 1 aromatic carbocycles. The SMILES string of the molecule is O=C(O)c1ccc(Cc2noc(C(F)(F)F)n2)cc1. The van der Waals surface area contributed by atoms with E-state index < -0.39 is 18.0 Å². The van der Waals surface area contributed by atoms with E-state index in [2.05, 4.69) is 14.7 Å². The van der Waals surface area contributed by atoms with Crippen LogP contribution in [0.15, 0.2) is 28.8 Å². The molecule has 0 bridgehead atoms. The molecule has 0 amide bonds. The van der Waals surface area contributed by atoms with Crippen LogP contribution in [0.3, 0.4) is 0 Å². The number of aromatic nitrogens is 2. The van der Waals surface area contributed by atoms with E-state index in [1.807, 2.05) is 0 Å². The standard InChI is InChI=1S/C11H7F3N2O3/c12-11(13,14)10-15-8(16-19-10)5-6-1-3-7(4-2-6)9(17)18/h1-4H,5H2,(H,17,18). The second-order valence-electron chi connectivity index (χ2n) is 3.69. The number of halogens is 3. The Labute approximate surface area is 104 Å². The van der Waals surface area contributed by atoms with Crippen molar-refractivity contribution in [3.8, 4) is 0 Å². The summed E-state index contributed by atoms with van der Waals surface area (Å²) in [6, 6.07) is 5.66. The van der Waals surface area contributed by atoms with Crippen LogP contribution in [0, 0.1) is 0 Å². The highest BCUT2D eigenvalue weighted by atomic mass is 19.4. The first kappa shape index (κ1) is 13.1. The number of hydrogen-bond donors (Lipinski definition) is 1. The highest BCUT2D eigenvalue weighted by Gasteiger charge is 2.38. The summed E-state index contributed by atoms with van der Waals surface area (Å²) in [6.07, 6.45) is -4.64. The molecule has 19 heavy (non-hydrogen) atoms. The summed E-state index contributed by atoms with van der Waals surface area (Å²) >= 11 is 0. The molecule has 0 saturated carbocycles. The van der Waals surface area contributed by atoms with Gasteiger partial charge in [0.2, 0.25) is 0 Å². The molecule has 100 valence electrons. The number of carbonyl (C=O) groups is 1. The van der Waals surface area contributed by atoms with Crippen molar-refractivity contribution < 1.29 is 27.6 Å². The molecule has 0 atom stereocenters. The summed E-state index contributed by atoms with van der Waals surface area (Å²) in [5, 5.41) is 11.9. The predicted molar refractivity (Wildman–Crippen MR) is 55.5 cm³/mol. The minimum Gasteiger partial charge on any atom is -0.478 e. The van der Waals surface area contributed by atoms with E-state index >= 15 is 0 Å². The maximum Gasteiger partial charge on any atom is 0.471 e. The Morgan fingerprint density at radius 1 is 1.26 bits per heavy atom. The Hall–Kier alpha value is -2.38. The van der Waals surface area contributed by atoms with Crippen LogP contribution in [0.2, 0.25) is 0 Å². The maximum absolute atomic E-state index is 12.2. The van der Waals surface area contributed by atoms with E-state index in [9.17, 15) is 18.0 Å². The fourth-order valence-corrected chi connectivity index (χ4v) is 1.39. The molecule has 0 unspecified atom stereocenters. The third kappa shape index (κ3) is 3.09. The molecule has 8 heteroatoms. The molecule has 5 nitrogen and oxygen atoms in total. The minimum atomic E-state index is -4.67. The summed E-state index contributed by atoms with van der Waals surface area (Å²) in [6.45, 7) is 0. The van der Waals surface area contributed by atoms with Gasteiger partial charge in [0.25, 0.3) is 0 Å². The average Bonchev–Trinajstić information content (AvgIpc) is 2.78. The molecular formula is C11H7F3N2O3. The van der Waals surface area contributed by atoms with Gasteiger partial charge in [-0.3, -0.25) is 0 Å². The summed E-state index contributed by atoms with van der Waals surface area (Å²) in [5.74, 6) is -2.59. The summed E-state index contributed by atoms with van der Waals surface area (Å²) in [5.41, 5.74) is 0.673. The molecule has 0 aliphatic heterocycles. The number of alkyl halides is 3. The Morgan fingerprint density at radius 2 is 1.89 bits per heavy atom. The molecule has 2 rings (SSSR count). The lowest BCUT2D eigenvalue weighted by Crippen LogP contribution is -2.05. The first-order valence-electron chi connectivity index (χ1n) is 5.08. The third-order valence-electron chi connectivity index (χ3n) is 2.27. The topological polar surface area (TPSA) is 76.2 Å². The van der Waals surface area contributed by atoms with Gasteiger partial charge in [-0.05, 0) is 17.7 Å². The van der Waals surface area contributed by atoms with Crippen molar-refractivity contribution in [2.24, 2.45) is 0 Å². The zero-order valence-electron chi connectivity index (χ0n) is 9.31. The highest BCUT2D eigenvalue weighted by molar-refractivity contribution is 5.87. The Bertz CT molecular complexity index is 590. The highest BCUT2D eigenvalue weighted by Crippen LogP contribution is 2.27. The monoisotopic (exact) mass is 272 g/mol. The molecule has 0 aliphatic rings. The van der Waals surface area contributed by atoms with Gasteiger partial charge in [0.1, 0.15) is 0 Å². The van der Waals surface area contributed by atoms with Crippen LogP contribution in [-0.2, 0) is 12.6 Å². The van der Waals surface area contributed by atoms with Gasteiger partial charge >= 0.3 is 18.0 Å². The van der Waals surface area contributed by atoms with Crippen molar-refractivity contribution in [3.05, 3.63) is 47.1 Å². The van der Waals surface area contributed by atoms with E-state index in [0.29, 0.717) is 5.56 Å². The van der Waals surface area contributed by atoms with E-state index in [-0.39, 0.29) is 17.8 Å². The van der Waals surface area contributed by atoms with E-state index in [1.54, 1.807) is 0 Å². The number of rotatable bonds is 3. The molecule has 0 aliphatic carbocycles. The van der Waals surface area contributed by atoms with E-state index in [1.165, 1.54) is 24.3 Å². The van der Waals surface area contributed by atoms with Gasteiger partial charge in [-0.25, -0.2) is 4.79 Å². The smallest absolute Gasteiger partial charge is 0.471 e. The Kier molecular flexibility index (Phi) is 3.24. The maximum atomic E-state index is 12.2. The number of nitrogens with zero attached hydrogens (tertiary/aromatic N) is 2. The van der Waals surface area contributed by atoms with Crippen molar-refractivity contribution in [2.75, 3.05) is 0 Å². The molecule has 0 radical (unpaired) electrons. The van der Waals surface area contributed by atoms with Crippen molar-refractivity contribution >= 4 is 5.97 Å². The third-order valence-corrected chi connectivity index (χ3v) is 2.27. The number of benzene rings is 1. The van der Waals surface area contributed by atoms with Gasteiger partial charge in [-0.15, -0.1) is 0 Å². The van der Waals surface area contributed by atoms with Crippen molar-refractivity contribution in [2.45, 2.75) is 12.6 Å². The molecule has 1 N–H and O–H groups in total. The Morgan fingerprint density at radius 3 is 2.37 bits per heavy atom. The van der Waals surface area contributed by atoms with Crippen molar-refractivity contribution in [1.82, 2.24) is 10.1 Å². The van der Waals surface area contributed by atoms with Gasteiger partial charge in [-0.1, -0.05) is 17.3 Å². The molecule has 0 spiro atoms. The predicted octanol–water partition coefficient (Wildman–Crippen LogP) is 2.38. The Balaban J connectivity index is 2.13. The summed E-state index contributed by atoms with van der Waals surface area (Å²) in [7, 11) is 0. The number of aromatic carboxylic acids is 1. The number of carboxylic acid groups (broad SMARTS) is 1. The molecule has 0 saturated heterocycles. The van der Waals surface area contributed by atoms with E-state index in [4.69, 9.17) is 5.11 Å². The van der Waals surface area contributed by atoms with Gasteiger partial charge in [0.15, 0.2) is 5.82 Å². The summed E-state index contributed by atoms with van der Waals surface area (Å²) in [4.78, 5) is 13.8. The van der Waals surface area contributed by atoms with Crippen molar-refractivity contribution in [1.29, 1.82) is 0 Å². The lowest BCUT2D eigenvalue weighted by atomic mass is 10.1. The lowest BCUT2D eigenvalue weighted by Gasteiger charge is -1.98. The minimum absolute atomic E-state index is 0.0273. The number of carboxylic acids is 1. The zero-order chi connectivity index (χ0) is 14.0. The number of hydrogen-bond acceptors (Lipinski definition) is 4. The second kappa shape index (κ2) is 4.71. The van der Waals surface area contributed by atoms with Crippen LogP contribution >= 0.6 is 0 Å². The molecule has 1 aromatic heterocycles. The first-order valence-corrected chi connectivity index (χ1v) is 5.08. The van der Waals surface area contributed by atoms with E-state index in [0.717, 1.165) is 0 Å². The largest absolute Gasteiger partial charge is 0.478 e. The van der Waals surface area contributed by atoms with Gasteiger partial charge in [0.05, 0.1) is 5.56 Å². The van der Waals surface area contributed by atoms with Crippen LogP contribution < -0.4 is 0 Å². The normalized spacial score (nSPS) is 11.5. The molecule has 1 heterocycles. The van der Waals surface area contributed by atoms with Crippen LogP contribution in [0.25, 0.3) is 0 Å². The first-order chi connectivity index (χ1) is 8.86. The molecule has 2 aromatic rings. The quantitative estimate of drug-likeness (QED) is 0.928. The fourth-order valence-electron chi connectivity index (χ4n) is 1.39. The van der Waals surface area contributed by atoms with Crippen molar-refractivity contribution in [3.63, 3.8) is 0 Å². The fraction of sp³-hybridized carbons (Fsp3) is 0.182. The van der Waals surface area contributed by atoms with Gasteiger partial charge in [-0.2, -0.15) is 18.2 Å². The van der Waals surface area contributed by atoms with Crippen LogP contribution in [0.5, 0.6) is 0 Å².